The summed E-state index contributed by atoms with van der Waals surface area (Å²) in [5.41, 5.74) is 0.771. The maximum atomic E-state index is 14.0. The zero-order valence-corrected chi connectivity index (χ0v) is 12.1. The SMILES string of the molecule is CCNCC1CCC1c1ccc(Br)c(Cl)c1F. The maximum absolute atomic E-state index is 14.0. The second-order valence-corrected chi connectivity index (χ2v) is 5.75. The van der Waals surface area contributed by atoms with Gasteiger partial charge in [-0.2, -0.15) is 0 Å². The van der Waals surface area contributed by atoms with Crippen molar-refractivity contribution in [3.63, 3.8) is 0 Å². The van der Waals surface area contributed by atoms with Gasteiger partial charge in [0, 0.05) is 4.47 Å². The van der Waals surface area contributed by atoms with Gasteiger partial charge in [0.2, 0.25) is 0 Å². The van der Waals surface area contributed by atoms with E-state index < -0.39 is 0 Å². The first kappa shape index (κ1) is 13.3. The fourth-order valence-electron chi connectivity index (χ4n) is 2.38. The van der Waals surface area contributed by atoms with E-state index in [2.05, 4.69) is 28.2 Å². The summed E-state index contributed by atoms with van der Waals surface area (Å²) in [5.74, 6) is 0.605. The van der Waals surface area contributed by atoms with Crippen molar-refractivity contribution in [1.29, 1.82) is 0 Å². The molecule has 4 heteroatoms. The van der Waals surface area contributed by atoms with E-state index in [1.165, 1.54) is 6.42 Å². The first-order valence-corrected chi connectivity index (χ1v) is 7.16. The molecular weight excluding hydrogens is 305 g/mol. The van der Waals surface area contributed by atoms with Gasteiger partial charge >= 0.3 is 0 Å². The molecule has 2 atom stereocenters. The number of benzene rings is 1. The van der Waals surface area contributed by atoms with E-state index in [1.807, 2.05) is 12.1 Å². The molecule has 1 aromatic rings. The third-order valence-corrected chi connectivity index (χ3v) is 4.80. The third kappa shape index (κ3) is 2.67. The van der Waals surface area contributed by atoms with Gasteiger partial charge in [0.15, 0.2) is 0 Å². The Balaban J connectivity index is 2.15. The van der Waals surface area contributed by atoms with Crippen molar-refractivity contribution in [2.24, 2.45) is 5.92 Å². The molecular formula is C13H16BrClFN. The molecule has 0 spiro atoms. The molecule has 0 bridgehead atoms. The van der Waals surface area contributed by atoms with E-state index in [-0.39, 0.29) is 10.8 Å². The Kier molecular flexibility index (Phi) is 4.45. The van der Waals surface area contributed by atoms with Crippen LogP contribution in [-0.4, -0.2) is 13.1 Å². The quantitative estimate of drug-likeness (QED) is 0.814. The van der Waals surface area contributed by atoms with Crippen LogP contribution in [0.5, 0.6) is 0 Å². The minimum atomic E-state index is -0.257. The summed E-state index contributed by atoms with van der Waals surface area (Å²) in [6.45, 7) is 4.02. The molecule has 0 heterocycles. The molecule has 1 aliphatic rings. The van der Waals surface area contributed by atoms with Gasteiger partial charge in [0.1, 0.15) is 5.82 Å². The number of hydrogen-bond donors (Lipinski definition) is 1. The smallest absolute Gasteiger partial charge is 0.146 e. The van der Waals surface area contributed by atoms with E-state index in [1.54, 1.807) is 0 Å². The molecule has 17 heavy (non-hydrogen) atoms. The summed E-state index contributed by atoms with van der Waals surface area (Å²) in [7, 11) is 0. The fraction of sp³-hybridized carbons (Fsp3) is 0.538. The van der Waals surface area contributed by atoms with Crippen LogP contribution in [-0.2, 0) is 0 Å². The summed E-state index contributed by atoms with van der Waals surface area (Å²) >= 11 is 9.16. The lowest BCUT2D eigenvalue weighted by molar-refractivity contribution is 0.242. The number of hydrogen-bond acceptors (Lipinski definition) is 1. The maximum Gasteiger partial charge on any atom is 0.146 e. The summed E-state index contributed by atoms with van der Waals surface area (Å²) in [5, 5.41) is 3.54. The zero-order valence-electron chi connectivity index (χ0n) is 9.77. The van der Waals surface area contributed by atoms with Gasteiger partial charge in [-0.1, -0.05) is 24.6 Å². The Morgan fingerprint density at radius 2 is 2.24 bits per heavy atom. The van der Waals surface area contributed by atoms with E-state index >= 15 is 0 Å². The molecule has 2 rings (SSSR count). The van der Waals surface area contributed by atoms with Crippen LogP contribution in [0.15, 0.2) is 16.6 Å². The van der Waals surface area contributed by atoms with Gasteiger partial charge in [-0.05, 0) is 65.3 Å². The lowest BCUT2D eigenvalue weighted by Crippen LogP contribution is -2.34. The van der Waals surface area contributed by atoms with Crippen LogP contribution in [0.1, 0.15) is 31.2 Å². The molecule has 1 aliphatic carbocycles. The molecule has 1 saturated carbocycles. The first-order valence-electron chi connectivity index (χ1n) is 5.99. The van der Waals surface area contributed by atoms with Crippen LogP contribution < -0.4 is 5.32 Å². The van der Waals surface area contributed by atoms with E-state index in [0.717, 1.165) is 25.1 Å². The molecule has 0 radical (unpaired) electrons. The molecule has 94 valence electrons. The van der Waals surface area contributed by atoms with Gasteiger partial charge < -0.3 is 5.32 Å². The van der Waals surface area contributed by atoms with Crippen molar-refractivity contribution in [2.45, 2.75) is 25.7 Å². The lowest BCUT2D eigenvalue weighted by atomic mass is 9.70. The Hall–Kier alpha value is -0.120. The second-order valence-electron chi connectivity index (χ2n) is 4.52. The van der Waals surface area contributed by atoms with Crippen LogP contribution in [0.2, 0.25) is 5.02 Å². The normalized spacial score (nSPS) is 23.5. The molecule has 1 aromatic carbocycles. The number of halogens is 3. The zero-order chi connectivity index (χ0) is 12.4. The van der Waals surface area contributed by atoms with Crippen molar-refractivity contribution in [2.75, 3.05) is 13.1 Å². The van der Waals surface area contributed by atoms with Crippen LogP contribution in [0.25, 0.3) is 0 Å². The molecule has 1 fully saturated rings. The summed E-state index contributed by atoms with van der Waals surface area (Å²) in [4.78, 5) is 0. The Morgan fingerprint density at radius 3 is 2.82 bits per heavy atom. The highest BCUT2D eigenvalue weighted by atomic mass is 79.9. The van der Waals surface area contributed by atoms with Crippen molar-refractivity contribution in [1.82, 2.24) is 5.32 Å². The van der Waals surface area contributed by atoms with Gasteiger partial charge in [0.05, 0.1) is 5.02 Å². The lowest BCUT2D eigenvalue weighted by Gasteiger charge is -2.37. The molecule has 0 saturated heterocycles. The standard InChI is InChI=1S/C13H16BrClFN/c1-2-17-7-8-3-4-9(8)10-5-6-11(14)12(15)13(10)16/h5-6,8-9,17H,2-4,7H2,1H3. The minimum absolute atomic E-state index is 0.205. The number of rotatable bonds is 4. The van der Waals surface area contributed by atoms with Crippen molar-refractivity contribution < 1.29 is 4.39 Å². The molecule has 0 aromatic heterocycles. The third-order valence-electron chi connectivity index (χ3n) is 3.54. The van der Waals surface area contributed by atoms with Gasteiger partial charge in [-0.25, -0.2) is 4.39 Å². The average Bonchev–Trinajstić information content (AvgIpc) is 2.29. The van der Waals surface area contributed by atoms with Gasteiger partial charge in [0.25, 0.3) is 0 Å². The highest BCUT2D eigenvalue weighted by Crippen LogP contribution is 2.44. The molecule has 1 N–H and O–H groups in total. The van der Waals surface area contributed by atoms with Crippen molar-refractivity contribution >= 4 is 27.5 Å². The highest BCUT2D eigenvalue weighted by Gasteiger charge is 2.34. The monoisotopic (exact) mass is 319 g/mol. The molecule has 2 unspecified atom stereocenters. The van der Waals surface area contributed by atoms with Crippen molar-refractivity contribution in [3.8, 4) is 0 Å². The Labute approximate surface area is 115 Å². The molecule has 0 aliphatic heterocycles. The number of nitrogens with one attached hydrogen (secondary N) is 1. The van der Waals surface area contributed by atoms with Crippen LogP contribution in [0.3, 0.4) is 0 Å². The Bertz CT molecular complexity index is 411. The minimum Gasteiger partial charge on any atom is -0.317 e. The topological polar surface area (TPSA) is 12.0 Å². The highest BCUT2D eigenvalue weighted by molar-refractivity contribution is 9.10. The summed E-state index contributed by atoms with van der Waals surface area (Å²) < 4.78 is 14.7. The fourth-order valence-corrected chi connectivity index (χ4v) is 2.86. The van der Waals surface area contributed by atoms with E-state index in [0.29, 0.717) is 16.3 Å². The largest absolute Gasteiger partial charge is 0.317 e. The van der Waals surface area contributed by atoms with Crippen LogP contribution in [0.4, 0.5) is 4.39 Å². The van der Waals surface area contributed by atoms with Gasteiger partial charge in [-0.15, -0.1) is 0 Å². The molecule has 1 nitrogen and oxygen atoms in total. The van der Waals surface area contributed by atoms with Crippen LogP contribution >= 0.6 is 27.5 Å². The predicted octanol–water partition coefficient (Wildman–Crippen LogP) is 4.34. The van der Waals surface area contributed by atoms with E-state index in [4.69, 9.17) is 11.6 Å². The summed E-state index contributed by atoms with van der Waals surface area (Å²) in [6.07, 6.45) is 2.23. The van der Waals surface area contributed by atoms with Crippen molar-refractivity contribution in [3.05, 3.63) is 33.0 Å². The molecule has 0 amide bonds. The summed E-state index contributed by atoms with van der Waals surface area (Å²) in [6, 6.07) is 3.69. The average molecular weight is 321 g/mol. The van der Waals surface area contributed by atoms with E-state index in [9.17, 15) is 4.39 Å². The second kappa shape index (κ2) is 5.68. The van der Waals surface area contributed by atoms with Crippen LogP contribution in [0, 0.1) is 11.7 Å². The Morgan fingerprint density at radius 1 is 1.47 bits per heavy atom. The first-order chi connectivity index (χ1) is 8.15. The van der Waals surface area contributed by atoms with Gasteiger partial charge in [-0.3, -0.25) is 0 Å². The predicted molar refractivity (Wildman–Crippen MR) is 73.1 cm³/mol.